The second-order valence-electron chi connectivity index (χ2n) is 12.3. The molecule has 6 atom stereocenters. The van der Waals surface area contributed by atoms with Gasteiger partial charge in [0.05, 0.1) is 12.6 Å². The van der Waals surface area contributed by atoms with E-state index < -0.39 is 47.9 Å². The van der Waals surface area contributed by atoms with Crippen LogP contribution in [0.25, 0.3) is 0 Å². The fraction of sp³-hybridized carbons (Fsp3) is 0.625. The molecule has 0 spiro atoms. The van der Waals surface area contributed by atoms with Gasteiger partial charge in [-0.25, -0.2) is 4.79 Å². The molecule has 13 nitrogen and oxygen atoms in total. The van der Waals surface area contributed by atoms with E-state index in [0.29, 0.717) is 51.6 Å². The molecule has 246 valence electrons. The van der Waals surface area contributed by atoms with Crippen molar-refractivity contribution in [1.29, 1.82) is 0 Å². The normalized spacial score (nSPS) is 23.2. The number of nitrogens with zero attached hydrogens (tertiary/aromatic N) is 2. The number of carboxylic acids is 1. The third kappa shape index (κ3) is 8.59. The zero-order chi connectivity index (χ0) is 32.5. The Balaban J connectivity index is 1.37. The van der Waals surface area contributed by atoms with E-state index in [4.69, 9.17) is 0 Å². The minimum atomic E-state index is -1.13. The Morgan fingerprint density at radius 1 is 0.889 bits per heavy atom. The standard InChI is InChI=1S/C32H46N6O7/c1-3-20(2)27(32(44)45)36-30(42)25-14-8-16-37(25)26(39)19-34-29(41)24-13-9-17-38(24)31(43)23(18-21-10-5-4-6-11-21)35-28(40)22-12-7-15-33-22/h4-6,10-11,20,22-25,27,33H,3,7-9,12-19H2,1-2H3,(H,34,41)(H,35,40)(H,36,42)(H,44,45). The first-order valence-corrected chi connectivity index (χ1v) is 16.1. The first-order chi connectivity index (χ1) is 21.6. The Kier molecular flexibility index (Phi) is 11.9. The van der Waals surface area contributed by atoms with Gasteiger partial charge in [-0.05, 0) is 56.6 Å². The molecule has 6 unspecified atom stereocenters. The van der Waals surface area contributed by atoms with Crippen molar-refractivity contribution in [3.63, 3.8) is 0 Å². The number of amides is 5. The molecule has 3 aliphatic rings. The number of hydrogen-bond acceptors (Lipinski definition) is 7. The lowest BCUT2D eigenvalue weighted by Gasteiger charge is -2.30. The number of hydrogen-bond donors (Lipinski definition) is 5. The molecule has 0 radical (unpaired) electrons. The largest absolute Gasteiger partial charge is 0.480 e. The minimum absolute atomic E-state index is 0.240. The number of carbonyl (C=O) groups is 6. The first-order valence-electron chi connectivity index (χ1n) is 16.1. The molecule has 13 heteroatoms. The van der Waals surface area contributed by atoms with Crippen LogP contribution >= 0.6 is 0 Å². The second kappa shape index (κ2) is 15.8. The summed E-state index contributed by atoms with van der Waals surface area (Å²) in [4.78, 5) is 80.8. The van der Waals surface area contributed by atoms with Gasteiger partial charge in [0.25, 0.3) is 0 Å². The van der Waals surface area contributed by atoms with Crippen LogP contribution in [0, 0.1) is 5.92 Å². The fourth-order valence-electron chi connectivity index (χ4n) is 6.39. The predicted molar refractivity (Wildman–Crippen MR) is 165 cm³/mol. The second-order valence-corrected chi connectivity index (χ2v) is 12.3. The summed E-state index contributed by atoms with van der Waals surface area (Å²) in [6.45, 7) is 4.64. The molecule has 3 saturated heterocycles. The van der Waals surface area contributed by atoms with Crippen molar-refractivity contribution in [1.82, 2.24) is 31.1 Å². The maximum Gasteiger partial charge on any atom is 0.326 e. The van der Waals surface area contributed by atoms with Crippen LogP contribution in [0.15, 0.2) is 30.3 Å². The summed E-state index contributed by atoms with van der Waals surface area (Å²) >= 11 is 0. The van der Waals surface area contributed by atoms with Gasteiger partial charge in [0, 0.05) is 19.5 Å². The number of benzene rings is 1. The highest BCUT2D eigenvalue weighted by Gasteiger charge is 2.40. The summed E-state index contributed by atoms with van der Waals surface area (Å²) in [5.41, 5.74) is 0.879. The Labute approximate surface area is 263 Å². The Bertz CT molecular complexity index is 1240. The molecule has 0 aromatic heterocycles. The lowest BCUT2D eigenvalue weighted by molar-refractivity contribution is -0.145. The molecule has 1 aromatic rings. The molecule has 45 heavy (non-hydrogen) atoms. The molecular weight excluding hydrogens is 580 g/mol. The maximum atomic E-state index is 13.8. The van der Waals surface area contributed by atoms with Crippen molar-refractivity contribution in [2.45, 2.75) is 95.4 Å². The van der Waals surface area contributed by atoms with Crippen LogP contribution in [-0.4, -0.2) is 107 Å². The summed E-state index contributed by atoms with van der Waals surface area (Å²) in [7, 11) is 0. The van der Waals surface area contributed by atoms with E-state index in [2.05, 4.69) is 21.3 Å². The van der Waals surface area contributed by atoms with Crippen molar-refractivity contribution in [3.8, 4) is 0 Å². The van der Waals surface area contributed by atoms with Crippen LogP contribution in [0.1, 0.15) is 64.4 Å². The first kappa shape index (κ1) is 33.9. The molecule has 1 aromatic carbocycles. The Morgan fingerprint density at radius 2 is 1.56 bits per heavy atom. The van der Waals surface area contributed by atoms with E-state index in [1.54, 1.807) is 6.92 Å². The summed E-state index contributed by atoms with van der Waals surface area (Å²) < 4.78 is 0. The lowest BCUT2D eigenvalue weighted by atomic mass is 9.99. The summed E-state index contributed by atoms with van der Waals surface area (Å²) in [6, 6.07) is 5.49. The maximum absolute atomic E-state index is 13.8. The third-order valence-electron chi connectivity index (χ3n) is 9.18. The van der Waals surface area contributed by atoms with Crippen LogP contribution < -0.4 is 21.3 Å². The van der Waals surface area contributed by atoms with Crippen molar-refractivity contribution >= 4 is 35.5 Å². The van der Waals surface area contributed by atoms with Crippen LogP contribution in [0.3, 0.4) is 0 Å². The minimum Gasteiger partial charge on any atom is -0.480 e. The molecule has 0 saturated carbocycles. The van der Waals surface area contributed by atoms with Gasteiger partial charge in [0.2, 0.25) is 29.5 Å². The number of nitrogens with one attached hydrogen (secondary N) is 4. The van der Waals surface area contributed by atoms with Gasteiger partial charge in [-0.1, -0.05) is 50.6 Å². The highest BCUT2D eigenvalue weighted by atomic mass is 16.4. The van der Waals surface area contributed by atoms with E-state index in [1.165, 1.54) is 9.80 Å². The molecule has 3 fully saturated rings. The van der Waals surface area contributed by atoms with Crippen molar-refractivity contribution < 1.29 is 33.9 Å². The van der Waals surface area contributed by atoms with E-state index >= 15 is 0 Å². The molecule has 5 N–H and O–H groups in total. The number of carbonyl (C=O) groups excluding carboxylic acids is 5. The summed E-state index contributed by atoms with van der Waals surface area (Å²) in [6.07, 6.45) is 4.41. The smallest absolute Gasteiger partial charge is 0.326 e. The van der Waals surface area contributed by atoms with E-state index in [1.807, 2.05) is 37.3 Å². The van der Waals surface area contributed by atoms with E-state index in [0.717, 1.165) is 18.5 Å². The third-order valence-corrected chi connectivity index (χ3v) is 9.18. The van der Waals surface area contributed by atoms with Crippen LogP contribution in [0.2, 0.25) is 0 Å². The van der Waals surface area contributed by atoms with Crippen LogP contribution in [-0.2, 0) is 35.2 Å². The molecular formula is C32H46N6O7. The van der Waals surface area contributed by atoms with Gasteiger partial charge >= 0.3 is 5.97 Å². The van der Waals surface area contributed by atoms with Gasteiger partial charge in [-0.2, -0.15) is 0 Å². The Morgan fingerprint density at radius 3 is 2.18 bits per heavy atom. The van der Waals surface area contributed by atoms with Gasteiger partial charge in [-0.3, -0.25) is 24.0 Å². The average molecular weight is 627 g/mol. The zero-order valence-corrected chi connectivity index (χ0v) is 26.1. The highest BCUT2D eigenvalue weighted by Crippen LogP contribution is 2.21. The van der Waals surface area contributed by atoms with Gasteiger partial charge in [0.15, 0.2) is 0 Å². The lowest BCUT2D eigenvalue weighted by Crippen LogP contribution is -2.57. The van der Waals surface area contributed by atoms with Crippen molar-refractivity contribution in [3.05, 3.63) is 35.9 Å². The number of carboxylic acid groups (broad SMARTS) is 1. The SMILES string of the molecule is CCC(C)C(NC(=O)C1CCCN1C(=O)CNC(=O)C1CCCN1C(=O)C(Cc1ccccc1)NC(=O)C1CCCN1)C(=O)O. The zero-order valence-electron chi connectivity index (χ0n) is 26.1. The average Bonchev–Trinajstić information content (AvgIpc) is 3.84. The van der Waals surface area contributed by atoms with Crippen molar-refractivity contribution in [2.24, 2.45) is 5.92 Å². The number of rotatable bonds is 13. The fourth-order valence-corrected chi connectivity index (χ4v) is 6.39. The molecule has 3 aliphatic heterocycles. The van der Waals surface area contributed by atoms with Crippen molar-refractivity contribution in [2.75, 3.05) is 26.2 Å². The quantitative estimate of drug-likeness (QED) is 0.206. The summed E-state index contributed by atoms with van der Waals surface area (Å²) in [5.74, 6) is -3.45. The van der Waals surface area contributed by atoms with Crippen LogP contribution in [0.5, 0.6) is 0 Å². The van der Waals surface area contributed by atoms with Gasteiger partial charge in [-0.15, -0.1) is 0 Å². The number of likely N-dealkylation sites (tertiary alicyclic amines) is 2. The number of aliphatic carboxylic acids is 1. The topological polar surface area (TPSA) is 177 Å². The van der Waals surface area contributed by atoms with Crippen LogP contribution in [0.4, 0.5) is 0 Å². The molecule has 0 bridgehead atoms. The molecule has 0 aliphatic carbocycles. The summed E-state index contributed by atoms with van der Waals surface area (Å²) in [5, 5.41) is 20.9. The predicted octanol–water partition coefficient (Wildman–Crippen LogP) is 0.180. The Hall–Kier alpha value is -4.00. The van der Waals surface area contributed by atoms with E-state index in [-0.39, 0.29) is 36.7 Å². The molecule has 4 rings (SSSR count). The monoisotopic (exact) mass is 626 g/mol. The van der Waals surface area contributed by atoms with Gasteiger partial charge in [0.1, 0.15) is 24.2 Å². The molecule has 5 amide bonds. The van der Waals surface area contributed by atoms with E-state index in [9.17, 15) is 33.9 Å². The van der Waals surface area contributed by atoms with Gasteiger partial charge < -0.3 is 36.2 Å². The molecule has 3 heterocycles. The highest BCUT2D eigenvalue weighted by molar-refractivity contribution is 5.96.